The molecular formula is C14H22N4. The minimum Gasteiger partial charge on any atom is -0.373 e. The third kappa shape index (κ3) is 5.15. The van der Waals surface area contributed by atoms with E-state index in [9.17, 15) is 0 Å². The van der Waals surface area contributed by atoms with Crippen LogP contribution in [0.15, 0.2) is 18.2 Å². The number of nitrogens with zero attached hydrogens (tertiary/aromatic N) is 3. The van der Waals surface area contributed by atoms with Crippen LogP contribution in [0.4, 0.5) is 5.82 Å². The van der Waals surface area contributed by atoms with Crippen LogP contribution in [0.25, 0.3) is 0 Å². The zero-order valence-electron chi connectivity index (χ0n) is 11.5. The van der Waals surface area contributed by atoms with Gasteiger partial charge in [-0.15, -0.1) is 0 Å². The van der Waals surface area contributed by atoms with Crippen LogP contribution in [0.1, 0.15) is 26.0 Å². The Kier molecular flexibility index (Phi) is 6.16. The van der Waals surface area contributed by atoms with Gasteiger partial charge in [0.25, 0.3) is 0 Å². The number of aromatic nitrogens is 1. The van der Waals surface area contributed by atoms with Crippen LogP contribution in [-0.4, -0.2) is 30.0 Å². The minimum atomic E-state index is 0.568. The molecule has 1 rings (SSSR count). The van der Waals surface area contributed by atoms with Crippen molar-refractivity contribution >= 4 is 5.82 Å². The molecule has 0 aliphatic carbocycles. The molecule has 1 N–H and O–H groups in total. The van der Waals surface area contributed by atoms with Crippen LogP contribution >= 0.6 is 0 Å². The van der Waals surface area contributed by atoms with Gasteiger partial charge in [0.05, 0.1) is 11.8 Å². The molecule has 0 aliphatic heterocycles. The molecule has 0 saturated carbocycles. The van der Waals surface area contributed by atoms with Crippen molar-refractivity contribution in [3.05, 3.63) is 23.9 Å². The lowest BCUT2D eigenvalue weighted by Gasteiger charge is -2.22. The summed E-state index contributed by atoms with van der Waals surface area (Å²) in [6, 6.07) is 8.19. The number of nitriles is 1. The number of hydrogen-bond acceptors (Lipinski definition) is 4. The van der Waals surface area contributed by atoms with Gasteiger partial charge in [-0.1, -0.05) is 19.9 Å². The molecule has 0 radical (unpaired) electrons. The molecule has 4 nitrogen and oxygen atoms in total. The molecule has 0 saturated heterocycles. The lowest BCUT2D eigenvalue weighted by atomic mass is 10.2. The van der Waals surface area contributed by atoms with Gasteiger partial charge in [-0.2, -0.15) is 5.26 Å². The standard InChI is InChI=1S/C14H22N4/c1-12(2)10-18(9-5-8-15)11-13-6-4-7-14(16-3)17-13/h4,6-7,12H,5,9-11H2,1-3H3,(H,16,17). The summed E-state index contributed by atoms with van der Waals surface area (Å²) in [5, 5.41) is 11.7. The SMILES string of the molecule is CNc1cccc(CN(CCC#N)CC(C)C)n1. The zero-order valence-corrected chi connectivity index (χ0v) is 11.5. The fourth-order valence-electron chi connectivity index (χ4n) is 1.90. The molecule has 1 heterocycles. The number of nitrogens with one attached hydrogen (secondary N) is 1. The van der Waals surface area contributed by atoms with Crippen molar-refractivity contribution in [2.45, 2.75) is 26.8 Å². The van der Waals surface area contributed by atoms with Crippen molar-refractivity contribution in [2.24, 2.45) is 5.92 Å². The van der Waals surface area contributed by atoms with E-state index in [2.05, 4.69) is 35.1 Å². The van der Waals surface area contributed by atoms with Gasteiger partial charge in [-0.25, -0.2) is 4.98 Å². The van der Waals surface area contributed by atoms with Crippen LogP contribution < -0.4 is 5.32 Å². The Balaban J connectivity index is 2.65. The van der Waals surface area contributed by atoms with Crippen molar-refractivity contribution in [3.8, 4) is 6.07 Å². The van der Waals surface area contributed by atoms with Crippen LogP contribution in [-0.2, 0) is 6.54 Å². The third-order valence-corrected chi connectivity index (χ3v) is 2.61. The molecule has 0 bridgehead atoms. The first kappa shape index (κ1) is 14.5. The highest BCUT2D eigenvalue weighted by Crippen LogP contribution is 2.09. The van der Waals surface area contributed by atoms with Gasteiger partial charge in [0.15, 0.2) is 0 Å². The molecule has 0 fully saturated rings. The maximum Gasteiger partial charge on any atom is 0.126 e. The van der Waals surface area contributed by atoms with Crippen LogP contribution in [0.2, 0.25) is 0 Å². The molecule has 0 unspecified atom stereocenters. The van der Waals surface area contributed by atoms with Gasteiger partial charge in [-0.05, 0) is 18.1 Å². The van der Waals surface area contributed by atoms with E-state index in [-0.39, 0.29) is 0 Å². The lowest BCUT2D eigenvalue weighted by Crippen LogP contribution is -2.28. The summed E-state index contributed by atoms with van der Waals surface area (Å²) in [5.74, 6) is 1.48. The van der Waals surface area contributed by atoms with E-state index in [4.69, 9.17) is 5.26 Å². The smallest absolute Gasteiger partial charge is 0.126 e. The predicted octanol–water partition coefficient (Wildman–Crippen LogP) is 2.49. The van der Waals surface area contributed by atoms with E-state index in [0.717, 1.165) is 31.1 Å². The first-order valence-electron chi connectivity index (χ1n) is 6.38. The van der Waals surface area contributed by atoms with Crippen LogP contribution in [0, 0.1) is 17.2 Å². The average Bonchev–Trinajstić information content (AvgIpc) is 2.35. The quantitative estimate of drug-likeness (QED) is 0.803. The Morgan fingerprint density at radius 1 is 1.44 bits per heavy atom. The Hall–Kier alpha value is -1.60. The van der Waals surface area contributed by atoms with Crippen LogP contribution in [0.3, 0.4) is 0 Å². The third-order valence-electron chi connectivity index (χ3n) is 2.61. The summed E-state index contributed by atoms with van der Waals surface area (Å²) >= 11 is 0. The Morgan fingerprint density at radius 3 is 2.83 bits per heavy atom. The number of pyridine rings is 1. The van der Waals surface area contributed by atoms with E-state index >= 15 is 0 Å². The summed E-state index contributed by atoms with van der Waals surface area (Å²) in [5.41, 5.74) is 1.04. The summed E-state index contributed by atoms with van der Waals surface area (Å²) in [6.07, 6.45) is 0.568. The number of rotatable bonds is 7. The molecule has 0 atom stereocenters. The van der Waals surface area contributed by atoms with Crippen molar-refractivity contribution in [1.82, 2.24) is 9.88 Å². The fraction of sp³-hybridized carbons (Fsp3) is 0.571. The summed E-state index contributed by atoms with van der Waals surface area (Å²) < 4.78 is 0. The second-order valence-electron chi connectivity index (χ2n) is 4.80. The molecule has 18 heavy (non-hydrogen) atoms. The van der Waals surface area contributed by atoms with Crippen molar-refractivity contribution in [2.75, 3.05) is 25.5 Å². The molecule has 98 valence electrons. The predicted molar refractivity (Wildman–Crippen MR) is 74.1 cm³/mol. The first-order valence-corrected chi connectivity index (χ1v) is 6.38. The van der Waals surface area contributed by atoms with E-state index in [1.807, 2.05) is 25.2 Å². The van der Waals surface area contributed by atoms with Gasteiger partial charge in [0, 0.05) is 33.1 Å². The molecule has 0 aromatic carbocycles. The lowest BCUT2D eigenvalue weighted by molar-refractivity contribution is 0.239. The van der Waals surface area contributed by atoms with Crippen molar-refractivity contribution in [3.63, 3.8) is 0 Å². The van der Waals surface area contributed by atoms with E-state index < -0.39 is 0 Å². The van der Waals surface area contributed by atoms with Crippen LogP contribution in [0.5, 0.6) is 0 Å². The number of hydrogen-bond donors (Lipinski definition) is 1. The topological polar surface area (TPSA) is 52.0 Å². The largest absolute Gasteiger partial charge is 0.373 e. The van der Waals surface area contributed by atoms with E-state index in [1.54, 1.807) is 0 Å². The normalized spacial score (nSPS) is 10.7. The molecular weight excluding hydrogens is 224 g/mol. The molecule has 0 spiro atoms. The highest BCUT2D eigenvalue weighted by molar-refractivity contribution is 5.34. The maximum absolute atomic E-state index is 8.70. The van der Waals surface area contributed by atoms with E-state index in [0.29, 0.717) is 12.3 Å². The monoisotopic (exact) mass is 246 g/mol. The Labute approximate surface area is 110 Å². The van der Waals surface area contributed by atoms with E-state index in [1.165, 1.54) is 0 Å². The fourth-order valence-corrected chi connectivity index (χ4v) is 1.90. The van der Waals surface area contributed by atoms with Crippen molar-refractivity contribution in [1.29, 1.82) is 5.26 Å². The summed E-state index contributed by atoms with van der Waals surface area (Å²) in [4.78, 5) is 6.80. The summed E-state index contributed by atoms with van der Waals surface area (Å²) in [6.45, 7) is 6.98. The maximum atomic E-state index is 8.70. The molecule has 4 heteroatoms. The molecule has 0 aliphatic rings. The van der Waals surface area contributed by atoms with Gasteiger partial charge in [0.1, 0.15) is 5.82 Å². The van der Waals surface area contributed by atoms with Gasteiger partial charge in [-0.3, -0.25) is 4.90 Å². The number of anilines is 1. The summed E-state index contributed by atoms with van der Waals surface area (Å²) in [7, 11) is 1.87. The molecule has 1 aromatic rings. The first-order chi connectivity index (χ1) is 8.65. The average molecular weight is 246 g/mol. The van der Waals surface area contributed by atoms with Crippen molar-refractivity contribution < 1.29 is 0 Å². The zero-order chi connectivity index (χ0) is 13.4. The highest BCUT2D eigenvalue weighted by Gasteiger charge is 2.09. The molecule has 0 amide bonds. The second-order valence-corrected chi connectivity index (χ2v) is 4.80. The highest BCUT2D eigenvalue weighted by atomic mass is 15.1. The van der Waals surface area contributed by atoms with Gasteiger partial charge in [0.2, 0.25) is 0 Å². The molecule has 1 aromatic heterocycles. The Morgan fingerprint density at radius 2 is 2.22 bits per heavy atom. The minimum absolute atomic E-state index is 0.568. The van der Waals surface area contributed by atoms with Gasteiger partial charge >= 0.3 is 0 Å². The Bertz CT molecular complexity index is 395. The second kappa shape index (κ2) is 7.67. The van der Waals surface area contributed by atoms with Gasteiger partial charge < -0.3 is 5.32 Å².